The van der Waals surface area contributed by atoms with Crippen LogP contribution >= 0.6 is 0 Å². The van der Waals surface area contributed by atoms with Crippen molar-refractivity contribution in [2.45, 2.75) is 79.5 Å². The predicted molar refractivity (Wildman–Crippen MR) is 127 cm³/mol. The smallest absolute Gasteiger partial charge is 0.146 e. The van der Waals surface area contributed by atoms with Crippen molar-refractivity contribution >= 4 is 10.5 Å². The molecule has 1 N–H and O–H groups in total. The summed E-state index contributed by atoms with van der Waals surface area (Å²) in [4.78, 5) is 2.53. The number of hydrogen-bond donors (Lipinski definition) is 1. The fourth-order valence-corrected chi connectivity index (χ4v) is 4.86. The molecule has 4 heteroatoms. The minimum absolute atomic E-state index is 0.156. The number of benzene rings is 2. The van der Waals surface area contributed by atoms with Crippen molar-refractivity contribution in [3.05, 3.63) is 63.7 Å². The van der Waals surface area contributed by atoms with E-state index >= 15 is 0 Å². The molecule has 160 valence electrons. The monoisotopic (exact) mass is 413 g/mol. The van der Waals surface area contributed by atoms with Crippen molar-refractivity contribution in [2.24, 2.45) is 0 Å². The van der Waals surface area contributed by atoms with Crippen LogP contribution in [0.25, 0.3) is 0 Å². The number of aromatic hydroxyl groups is 1. The summed E-state index contributed by atoms with van der Waals surface area (Å²) in [7, 11) is 0.711. The highest BCUT2D eigenvalue weighted by Crippen LogP contribution is 2.41. The molecule has 0 aliphatic carbocycles. The Morgan fingerprint density at radius 2 is 1.52 bits per heavy atom. The average molecular weight is 414 g/mol. The molecule has 0 saturated heterocycles. The zero-order chi connectivity index (χ0) is 21.7. The molecule has 0 aliphatic heterocycles. The first-order valence-corrected chi connectivity index (χ1v) is 11.6. The van der Waals surface area contributed by atoms with Crippen molar-refractivity contribution < 1.29 is 9.53 Å². The Kier molecular flexibility index (Phi) is 8.50. The van der Waals surface area contributed by atoms with Gasteiger partial charge in [-0.2, -0.15) is 0 Å². The molecule has 2 aromatic rings. The molecule has 0 radical (unpaired) electrons. The highest BCUT2D eigenvalue weighted by atomic mass is 28.2. The highest BCUT2D eigenvalue weighted by Gasteiger charge is 2.26. The number of rotatable bonds is 9. The quantitative estimate of drug-likeness (QED) is 0.602. The van der Waals surface area contributed by atoms with Gasteiger partial charge in [-0.25, -0.2) is 0 Å². The van der Waals surface area contributed by atoms with Crippen molar-refractivity contribution in [3.63, 3.8) is 0 Å². The van der Waals surface area contributed by atoms with E-state index in [1.54, 1.807) is 0 Å². The van der Waals surface area contributed by atoms with E-state index in [2.05, 4.69) is 76.8 Å². The second-order valence-electron chi connectivity index (χ2n) is 8.73. The van der Waals surface area contributed by atoms with Gasteiger partial charge in [0.25, 0.3) is 0 Å². The molecule has 0 heterocycles. The second-order valence-corrected chi connectivity index (χ2v) is 9.30. The number of phenols is 1. The summed E-state index contributed by atoms with van der Waals surface area (Å²) in [6, 6.07) is 11.6. The van der Waals surface area contributed by atoms with Gasteiger partial charge in [0.15, 0.2) is 0 Å². The van der Waals surface area contributed by atoms with E-state index in [9.17, 15) is 5.11 Å². The van der Waals surface area contributed by atoms with Gasteiger partial charge >= 0.3 is 0 Å². The Morgan fingerprint density at radius 1 is 0.931 bits per heavy atom. The lowest BCUT2D eigenvalue weighted by molar-refractivity contribution is 0.170. The van der Waals surface area contributed by atoms with Crippen LogP contribution in [0.15, 0.2) is 30.3 Å². The Hall–Kier alpha value is -1.62. The molecule has 0 aromatic heterocycles. The zero-order valence-electron chi connectivity index (χ0n) is 19.5. The number of hydrogen-bond acceptors (Lipinski definition) is 3. The molecule has 0 bridgehead atoms. The maximum absolute atomic E-state index is 11.2. The van der Waals surface area contributed by atoms with Crippen molar-refractivity contribution in [2.75, 3.05) is 6.54 Å². The molecule has 0 saturated carbocycles. The Balaban J connectivity index is 2.58. The first-order valence-electron chi connectivity index (χ1n) is 10.8. The lowest BCUT2D eigenvalue weighted by atomic mass is 9.81. The van der Waals surface area contributed by atoms with E-state index in [1.165, 1.54) is 16.7 Å². The van der Waals surface area contributed by atoms with Crippen LogP contribution in [-0.4, -0.2) is 39.1 Å². The van der Waals surface area contributed by atoms with Crippen LogP contribution in [0.5, 0.6) is 5.75 Å². The van der Waals surface area contributed by atoms with Crippen LogP contribution in [0, 0.1) is 20.8 Å². The van der Waals surface area contributed by atoms with Gasteiger partial charge < -0.3 is 9.53 Å². The van der Waals surface area contributed by atoms with Crippen LogP contribution in [0.2, 0.25) is 0 Å². The third-order valence-electron chi connectivity index (χ3n) is 6.32. The Bertz CT molecular complexity index is 794. The number of nitrogens with zero attached hydrogens (tertiary/aromatic N) is 1. The molecule has 3 nitrogen and oxygen atoms in total. The molecule has 2 aromatic carbocycles. The molecule has 0 fully saturated rings. The van der Waals surface area contributed by atoms with E-state index in [-0.39, 0.29) is 5.92 Å². The summed E-state index contributed by atoms with van der Waals surface area (Å²) < 4.78 is 5.64. The maximum Gasteiger partial charge on any atom is 0.146 e. The van der Waals surface area contributed by atoms with E-state index in [1.807, 2.05) is 6.92 Å². The van der Waals surface area contributed by atoms with Gasteiger partial charge in [0, 0.05) is 23.6 Å². The second kappa shape index (κ2) is 10.4. The van der Waals surface area contributed by atoms with Crippen molar-refractivity contribution in [1.29, 1.82) is 0 Å². The van der Waals surface area contributed by atoms with E-state index in [4.69, 9.17) is 4.43 Å². The largest absolute Gasteiger partial charge is 0.507 e. The van der Waals surface area contributed by atoms with E-state index < -0.39 is 0 Å². The van der Waals surface area contributed by atoms with Gasteiger partial charge in [0.1, 0.15) is 16.2 Å². The third-order valence-corrected chi connectivity index (χ3v) is 6.61. The van der Waals surface area contributed by atoms with Gasteiger partial charge in [-0.05, 0) is 89.2 Å². The molecule has 1 atom stereocenters. The van der Waals surface area contributed by atoms with Gasteiger partial charge in [0.05, 0.1) is 6.61 Å². The van der Waals surface area contributed by atoms with Crippen LogP contribution in [0.1, 0.15) is 73.4 Å². The normalized spacial score (nSPS) is 13.0. The summed E-state index contributed by atoms with van der Waals surface area (Å²) in [6.45, 7) is 16.9. The van der Waals surface area contributed by atoms with Gasteiger partial charge in [0.2, 0.25) is 0 Å². The molecule has 0 amide bonds. The summed E-state index contributed by atoms with van der Waals surface area (Å²) >= 11 is 0. The molecule has 1 unspecified atom stereocenters. The first kappa shape index (κ1) is 23.7. The van der Waals surface area contributed by atoms with Crippen LogP contribution in [0.4, 0.5) is 0 Å². The molecule has 0 aliphatic rings. The van der Waals surface area contributed by atoms with Crippen molar-refractivity contribution in [1.82, 2.24) is 4.90 Å². The Labute approximate surface area is 180 Å². The lowest BCUT2D eigenvalue weighted by Crippen LogP contribution is -2.38. The topological polar surface area (TPSA) is 32.7 Å². The van der Waals surface area contributed by atoms with E-state index in [0.29, 0.717) is 34.9 Å². The first-order chi connectivity index (χ1) is 13.7. The molecular weight excluding hydrogens is 374 g/mol. The van der Waals surface area contributed by atoms with Crippen LogP contribution in [0.3, 0.4) is 0 Å². The average Bonchev–Trinajstić information content (AvgIpc) is 2.68. The summed E-state index contributed by atoms with van der Waals surface area (Å²) in [5, 5.41) is 11.2. The van der Waals surface area contributed by atoms with Crippen LogP contribution in [-0.2, 0) is 11.0 Å². The van der Waals surface area contributed by atoms with Gasteiger partial charge in [-0.1, -0.05) is 30.3 Å². The predicted octanol–water partition coefficient (Wildman–Crippen LogP) is 4.76. The Morgan fingerprint density at radius 3 is 2.03 bits per heavy atom. The summed E-state index contributed by atoms with van der Waals surface area (Å²) in [5.74, 6) is 0.606. The fourth-order valence-electron chi connectivity index (χ4n) is 4.57. The van der Waals surface area contributed by atoms with Crippen LogP contribution < -0.4 is 0 Å². The highest BCUT2D eigenvalue weighted by molar-refractivity contribution is 5.97. The molecular formula is C25H39NO2Si. The number of phenolic OH excluding ortho intramolecular Hbond substituents is 1. The van der Waals surface area contributed by atoms with Gasteiger partial charge in [-0.15, -0.1) is 0 Å². The maximum atomic E-state index is 11.2. The fraction of sp³-hybridized carbons (Fsp3) is 0.520. The summed E-state index contributed by atoms with van der Waals surface area (Å²) in [6.07, 6.45) is 0.971. The van der Waals surface area contributed by atoms with Gasteiger partial charge in [-0.3, -0.25) is 4.90 Å². The molecule has 0 spiro atoms. The zero-order valence-corrected chi connectivity index (χ0v) is 21.5. The third kappa shape index (κ3) is 5.30. The molecule has 2 rings (SSSR count). The summed E-state index contributed by atoms with van der Waals surface area (Å²) in [5.41, 5.74) is 6.87. The standard InChI is InChI=1S/C25H39NO2Si/c1-16(2)26(17(3)4)14-13-22(21-11-9-8-10-12-21)24-20(7)23(15-28-29)18(5)19(6)25(24)27/h8-12,16-17,22,27H,13-15H2,1-7,29H3. The van der Waals surface area contributed by atoms with Crippen molar-refractivity contribution in [3.8, 4) is 5.75 Å². The SMILES string of the molecule is Cc1c(C)c(CO[SiH3])c(C)c(C(CCN(C(C)C)C(C)C)c2ccccc2)c1O. The minimum Gasteiger partial charge on any atom is -0.507 e. The molecule has 29 heavy (non-hydrogen) atoms. The minimum atomic E-state index is 0.156. The lowest BCUT2D eigenvalue weighted by Gasteiger charge is -2.33. The van der Waals surface area contributed by atoms with E-state index in [0.717, 1.165) is 29.7 Å².